The molecule has 3 rings (SSSR count). The zero-order valence-electron chi connectivity index (χ0n) is 15.6. The third-order valence-corrected chi connectivity index (χ3v) is 4.40. The fourth-order valence-electron chi connectivity index (χ4n) is 2.81. The summed E-state index contributed by atoms with van der Waals surface area (Å²) in [5.41, 5.74) is 2.22. The van der Waals surface area contributed by atoms with E-state index < -0.39 is 5.82 Å². The normalized spacial score (nSPS) is 12.0. The average molecular weight is 404 g/mol. The topological polar surface area (TPSA) is 81.9 Å². The van der Waals surface area contributed by atoms with Crippen molar-refractivity contribution in [2.75, 3.05) is 13.7 Å². The van der Waals surface area contributed by atoms with Crippen molar-refractivity contribution in [2.45, 2.75) is 19.9 Å². The van der Waals surface area contributed by atoms with E-state index in [2.05, 4.69) is 20.8 Å². The molecule has 7 nitrogen and oxygen atoms in total. The maximum atomic E-state index is 13.5. The highest BCUT2D eigenvalue weighted by atomic mass is 35.5. The van der Waals surface area contributed by atoms with Crippen LogP contribution in [0.1, 0.15) is 23.1 Å². The van der Waals surface area contributed by atoms with Gasteiger partial charge in [0.2, 0.25) is 0 Å². The second kappa shape index (κ2) is 8.45. The van der Waals surface area contributed by atoms with Gasteiger partial charge in [-0.25, -0.2) is 4.39 Å². The lowest BCUT2D eigenvalue weighted by Crippen LogP contribution is -2.35. The van der Waals surface area contributed by atoms with Gasteiger partial charge in [0.25, 0.3) is 5.91 Å². The molecule has 1 amide bonds. The summed E-state index contributed by atoms with van der Waals surface area (Å²) in [6.45, 7) is 3.97. The molecule has 1 N–H and O–H groups in total. The van der Waals surface area contributed by atoms with E-state index in [9.17, 15) is 9.18 Å². The number of rotatable bonds is 6. The largest absolute Gasteiger partial charge is 0.383 e. The number of nitrogens with one attached hydrogen (secondary N) is 1. The molecule has 1 heterocycles. The number of tetrazole rings is 1. The summed E-state index contributed by atoms with van der Waals surface area (Å²) in [5.74, 6) is -0.161. The van der Waals surface area contributed by atoms with Gasteiger partial charge in [0.05, 0.1) is 17.3 Å². The van der Waals surface area contributed by atoms with Crippen LogP contribution in [0, 0.1) is 12.7 Å². The molecule has 146 valence electrons. The van der Waals surface area contributed by atoms with Gasteiger partial charge in [0.15, 0.2) is 5.82 Å². The Morgan fingerprint density at radius 1 is 1.32 bits per heavy atom. The molecule has 0 bridgehead atoms. The molecule has 1 unspecified atom stereocenters. The number of methoxy groups -OCH3 is 1. The fraction of sp³-hybridized carbons (Fsp3) is 0.263. The summed E-state index contributed by atoms with van der Waals surface area (Å²) in [5, 5.41) is 14.6. The Morgan fingerprint density at radius 3 is 2.75 bits per heavy atom. The molecule has 9 heteroatoms. The first-order valence-electron chi connectivity index (χ1n) is 8.54. The molecule has 0 aliphatic rings. The number of carbonyl (C=O) groups is 1. The van der Waals surface area contributed by atoms with E-state index in [0.29, 0.717) is 34.8 Å². The summed E-state index contributed by atoms with van der Waals surface area (Å²) in [4.78, 5) is 12.7. The number of hydrogen-bond donors (Lipinski definition) is 1. The standard InChI is InChI=1S/C19H19ClFN5O2/c1-11(10-28-3)22-19(27)14-6-13(17-5-4-15(21)9-18(17)20)7-16(8-14)26-12(2)23-24-25-26/h4-9,11H,10H2,1-3H3,(H,22,27). The van der Waals surface area contributed by atoms with Crippen molar-refractivity contribution in [1.29, 1.82) is 0 Å². The maximum absolute atomic E-state index is 13.5. The van der Waals surface area contributed by atoms with Gasteiger partial charge < -0.3 is 10.1 Å². The Labute approximate surface area is 166 Å². The van der Waals surface area contributed by atoms with E-state index in [0.717, 1.165) is 0 Å². The number of carbonyl (C=O) groups excluding carboxylic acids is 1. The highest BCUT2D eigenvalue weighted by molar-refractivity contribution is 6.33. The summed E-state index contributed by atoms with van der Waals surface area (Å²) >= 11 is 6.23. The van der Waals surface area contributed by atoms with Crippen LogP contribution in [-0.4, -0.2) is 45.9 Å². The molecule has 0 saturated carbocycles. The number of aryl methyl sites for hydroxylation is 1. The predicted molar refractivity (Wildman–Crippen MR) is 103 cm³/mol. The second-order valence-corrected chi connectivity index (χ2v) is 6.77. The van der Waals surface area contributed by atoms with Crippen molar-refractivity contribution in [2.24, 2.45) is 0 Å². The van der Waals surface area contributed by atoms with Crippen LogP contribution in [0.5, 0.6) is 0 Å². The SMILES string of the molecule is COCC(C)NC(=O)c1cc(-c2ccc(F)cc2Cl)cc(-n2nnnc2C)c1. The molecule has 0 aliphatic heterocycles. The predicted octanol–water partition coefficient (Wildman–Crippen LogP) is 3.19. The van der Waals surface area contributed by atoms with E-state index in [-0.39, 0.29) is 17.0 Å². The van der Waals surface area contributed by atoms with Gasteiger partial charge in [-0.15, -0.1) is 5.10 Å². The molecule has 0 fully saturated rings. The molecular weight excluding hydrogens is 385 g/mol. The van der Waals surface area contributed by atoms with E-state index >= 15 is 0 Å². The smallest absolute Gasteiger partial charge is 0.251 e. The van der Waals surface area contributed by atoms with E-state index in [1.54, 1.807) is 38.3 Å². The van der Waals surface area contributed by atoms with Gasteiger partial charge >= 0.3 is 0 Å². The van der Waals surface area contributed by atoms with Crippen molar-refractivity contribution in [1.82, 2.24) is 25.5 Å². The quantitative estimate of drug-likeness (QED) is 0.683. The minimum Gasteiger partial charge on any atom is -0.383 e. The zero-order chi connectivity index (χ0) is 20.3. The van der Waals surface area contributed by atoms with Crippen LogP contribution in [0.3, 0.4) is 0 Å². The van der Waals surface area contributed by atoms with Crippen molar-refractivity contribution in [3.8, 4) is 16.8 Å². The lowest BCUT2D eigenvalue weighted by atomic mass is 10.0. The number of hydrogen-bond acceptors (Lipinski definition) is 5. The average Bonchev–Trinajstić information content (AvgIpc) is 3.07. The van der Waals surface area contributed by atoms with E-state index in [1.165, 1.54) is 16.8 Å². The highest BCUT2D eigenvalue weighted by Crippen LogP contribution is 2.31. The van der Waals surface area contributed by atoms with Crippen LogP contribution in [-0.2, 0) is 4.74 Å². The molecule has 0 aliphatic carbocycles. The van der Waals surface area contributed by atoms with Crippen LogP contribution >= 0.6 is 11.6 Å². The van der Waals surface area contributed by atoms with Gasteiger partial charge in [-0.2, -0.15) is 4.68 Å². The molecule has 1 aromatic heterocycles. The van der Waals surface area contributed by atoms with Crippen LogP contribution in [0.15, 0.2) is 36.4 Å². The summed E-state index contributed by atoms with van der Waals surface area (Å²) in [7, 11) is 1.57. The molecule has 0 spiro atoms. The Hall–Kier alpha value is -2.84. The minimum absolute atomic E-state index is 0.172. The molecular formula is C19H19ClFN5O2. The minimum atomic E-state index is -0.437. The van der Waals surface area contributed by atoms with Gasteiger partial charge in [-0.1, -0.05) is 11.6 Å². The first-order valence-corrected chi connectivity index (χ1v) is 8.92. The van der Waals surface area contributed by atoms with Gasteiger partial charge in [-0.3, -0.25) is 4.79 Å². The number of halogens is 2. The lowest BCUT2D eigenvalue weighted by Gasteiger charge is -2.15. The number of aromatic nitrogens is 4. The van der Waals surface area contributed by atoms with Crippen LogP contribution in [0.2, 0.25) is 5.02 Å². The number of ether oxygens (including phenoxy) is 1. The van der Waals surface area contributed by atoms with E-state index in [1.807, 2.05) is 6.92 Å². The molecule has 28 heavy (non-hydrogen) atoms. The fourth-order valence-corrected chi connectivity index (χ4v) is 3.09. The maximum Gasteiger partial charge on any atom is 0.251 e. The summed E-state index contributed by atoms with van der Waals surface area (Å²) in [6.07, 6.45) is 0. The molecule has 0 saturated heterocycles. The Morgan fingerprint density at radius 2 is 2.11 bits per heavy atom. The second-order valence-electron chi connectivity index (χ2n) is 6.36. The van der Waals surface area contributed by atoms with Gasteiger partial charge in [0.1, 0.15) is 5.82 Å². The number of amides is 1. The number of nitrogens with zero attached hydrogens (tertiary/aromatic N) is 4. The van der Waals surface area contributed by atoms with E-state index in [4.69, 9.17) is 16.3 Å². The first kappa shape index (κ1) is 19.9. The molecule has 2 aromatic carbocycles. The zero-order valence-corrected chi connectivity index (χ0v) is 16.4. The first-order chi connectivity index (χ1) is 13.4. The Kier molecular flexibility index (Phi) is 6.01. The van der Waals surface area contributed by atoms with Crippen molar-refractivity contribution >= 4 is 17.5 Å². The van der Waals surface area contributed by atoms with Gasteiger partial charge in [0, 0.05) is 24.3 Å². The Bertz CT molecular complexity index is 1010. The third kappa shape index (κ3) is 4.35. The van der Waals surface area contributed by atoms with Crippen molar-refractivity contribution in [3.63, 3.8) is 0 Å². The molecule has 0 radical (unpaired) electrons. The Balaban J connectivity index is 2.09. The van der Waals surface area contributed by atoms with Crippen molar-refractivity contribution < 1.29 is 13.9 Å². The van der Waals surface area contributed by atoms with Gasteiger partial charge in [-0.05, 0) is 66.2 Å². The monoisotopic (exact) mass is 403 g/mol. The number of benzene rings is 2. The highest BCUT2D eigenvalue weighted by Gasteiger charge is 2.16. The lowest BCUT2D eigenvalue weighted by molar-refractivity contribution is 0.0905. The molecule has 1 atom stereocenters. The summed E-state index contributed by atoms with van der Waals surface area (Å²) in [6, 6.07) is 9.10. The van der Waals surface area contributed by atoms with Crippen LogP contribution in [0.4, 0.5) is 4.39 Å². The van der Waals surface area contributed by atoms with Crippen LogP contribution < -0.4 is 5.32 Å². The summed E-state index contributed by atoms with van der Waals surface area (Å²) < 4.78 is 20.0. The van der Waals surface area contributed by atoms with Crippen LogP contribution in [0.25, 0.3) is 16.8 Å². The third-order valence-electron chi connectivity index (χ3n) is 4.09. The molecule has 3 aromatic rings. The van der Waals surface area contributed by atoms with Crippen molar-refractivity contribution in [3.05, 3.63) is 58.6 Å².